The van der Waals surface area contributed by atoms with Crippen LogP contribution in [0.3, 0.4) is 0 Å². The van der Waals surface area contributed by atoms with Crippen molar-refractivity contribution in [2.24, 2.45) is 11.5 Å². The summed E-state index contributed by atoms with van der Waals surface area (Å²) in [5.41, 5.74) is 15.3. The minimum absolute atomic E-state index is 0.649. The molecule has 1 aromatic carbocycles. The van der Waals surface area contributed by atoms with Gasteiger partial charge in [-0.1, -0.05) is 29.8 Å². The highest BCUT2D eigenvalue weighted by Crippen LogP contribution is 2.28. The molecule has 0 saturated carbocycles. The first-order valence-corrected chi connectivity index (χ1v) is 9.48. The molecule has 142 valence electrons. The summed E-state index contributed by atoms with van der Waals surface area (Å²) in [5, 5.41) is 7.75. The second-order valence-corrected chi connectivity index (χ2v) is 6.62. The van der Waals surface area contributed by atoms with E-state index in [2.05, 4.69) is 47.9 Å². The molecule has 0 bridgehead atoms. The Morgan fingerprint density at radius 3 is 2.26 bits per heavy atom. The van der Waals surface area contributed by atoms with Gasteiger partial charge in [0.1, 0.15) is 11.6 Å². The number of aryl methyl sites for hydroxylation is 1. The van der Waals surface area contributed by atoms with Gasteiger partial charge in [-0.15, -0.1) is 0 Å². The Labute approximate surface area is 160 Å². The summed E-state index contributed by atoms with van der Waals surface area (Å²) >= 11 is 0. The summed E-state index contributed by atoms with van der Waals surface area (Å²) in [6, 6.07) is 14.5. The van der Waals surface area contributed by atoms with E-state index in [4.69, 9.17) is 21.4 Å². The van der Waals surface area contributed by atoms with E-state index in [1.54, 1.807) is 0 Å². The van der Waals surface area contributed by atoms with Crippen LogP contribution in [-0.2, 0) is 0 Å². The fourth-order valence-corrected chi connectivity index (χ4v) is 2.86. The Bertz CT molecular complexity index is 876. The van der Waals surface area contributed by atoms with Gasteiger partial charge in [-0.2, -0.15) is 0 Å². The van der Waals surface area contributed by atoms with Gasteiger partial charge >= 0.3 is 0 Å². The van der Waals surface area contributed by atoms with Crippen LogP contribution in [0.25, 0.3) is 22.2 Å². The second-order valence-electron chi connectivity index (χ2n) is 6.62. The number of anilines is 2. The molecule has 0 radical (unpaired) electrons. The van der Waals surface area contributed by atoms with Crippen LogP contribution in [0, 0.1) is 6.92 Å². The van der Waals surface area contributed by atoms with E-state index in [-0.39, 0.29) is 0 Å². The maximum atomic E-state index is 5.63. The van der Waals surface area contributed by atoms with Crippen LogP contribution in [-0.4, -0.2) is 36.1 Å². The fraction of sp³-hybridized carbons (Fsp3) is 0.333. The summed E-state index contributed by atoms with van der Waals surface area (Å²) in [6.45, 7) is 4.99. The number of pyridine rings is 2. The van der Waals surface area contributed by atoms with Crippen LogP contribution in [0.15, 0.2) is 42.5 Å². The molecule has 2 heterocycles. The van der Waals surface area contributed by atoms with Crippen molar-refractivity contribution in [3.63, 3.8) is 0 Å². The highest BCUT2D eigenvalue weighted by Gasteiger charge is 2.10. The molecule has 0 unspecified atom stereocenters. The van der Waals surface area contributed by atoms with E-state index >= 15 is 0 Å². The summed E-state index contributed by atoms with van der Waals surface area (Å²) in [4.78, 5) is 9.63. The lowest BCUT2D eigenvalue weighted by Gasteiger charge is -2.13. The zero-order valence-electron chi connectivity index (χ0n) is 15.8. The monoisotopic (exact) mass is 364 g/mol. The first-order chi connectivity index (χ1) is 13.2. The van der Waals surface area contributed by atoms with Crippen molar-refractivity contribution in [1.29, 1.82) is 0 Å². The minimum Gasteiger partial charge on any atom is -0.370 e. The number of aromatic nitrogens is 2. The first kappa shape index (κ1) is 19.1. The molecule has 0 amide bonds. The van der Waals surface area contributed by atoms with Gasteiger partial charge < -0.3 is 22.1 Å². The van der Waals surface area contributed by atoms with E-state index in [0.717, 1.165) is 59.7 Å². The smallest absolute Gasteiger partial charge is 0.136 e. The van der Waals surface area contributed by atoms with Crippen molar-refractivity contribution in [1.82, 2.24) is 9.97 Å². The van der Waals surface area contributed by atoms with Crippen molar-refractivity contribution >= 4 is 22.5 Å². The van der Waals surface area contributed by atoms with Gasteiger partial charge in [0.2, 0.25) is 0 Å². The third-order valence-electron chi connectivity index (χ3n) is 4.39. The molecule has 3 aromatic rings. The maximum absolute atomic E-state index is 5.63. The Morgan fingerprint density at radius 1 is 0.852 bits per heavy atom. The minimum atomic E-state index is 0.649. The van der Waals surface area contributed by atoms with E-state index in [0.29, 0.717) is 13.1 Å². The van der Waals surface area contributed by atoms with Gasteiger partial charge in [0.05, 0.1) is 11.2 Å². The molecule has 0 saturated heterocycles. The Hall–Kier alpha value is -2.70. The second kappa shape index (κ2) is 9.30. The summed E-state index contributed by atoms with van der Waals surface area (Å²) in [5.74, 6) is 1.70. The maximum Gasteiger partial charge on any atom is 0.136 e. The number of hydrogen-bond acceptors (Lipinski definition) is 6. The van der Waals surface area contributed by atoms with Crippen molar-refractivity contribution in [3.05, 3.63) is 48.0 Å². The van der Waals surface area contributed by atoms with Gasteiger partial charge in [-0.05, 0) is 51.1 Å². The fourth-order valence-electron chi connectivity index (χ4n) is 2.86. The summed E-state index contributed by atoms with van der Waals surface area (Å²) in [6.07, 6.45) is 1.81. The lowest BCUT2D eigenvalue weighted by atomic mass is 10.1. The standard InChI is InChI=1S/C21H28N6/c1-15-4-6-16(7-5-15)18-14-19-17(21(27-18)25-13-3-11-23)8-9-20(26-19)24-12-2-10-22/h4-9,14H,2-3,10-13,22-23H2,1H3,(H,24,26)(H,25,27). The molecular formula is C21H28N6. The van der Waals surface area contributed by atoms with E-state index in [1.807, 2.05) is 12.1 Å². The van der Waals surface area contributed by atoms with Gasteiger partial charge in [0.15, 0.2) is 0 Å². The van der Waals surface area contributed by atoms with Crippen molar-refractivity contribution in [3.8, 4) is 11.3 Å². The zero-order valence-corrected chi connectivity index (χ0v) is 15.8. The van der Waals surface area contributed by atoms with Crippen molar-refractivity contribution < 1.29 is 0 Å². The Morgan fingerprint density at radius 2 is 1.56 bits per heavy atom. The summed E-state index contributed by atoms with van der Waals surface area (Å²) < 4.78 is 0. The van der Waals surface area contributed by atoms with Crippen molar-refractivity contribution in [2.75, 3.05) is 36.8 Å². The topological polar surface area (TPSA) is 102 Å². The summed E-state index contributed by atoms with van der Waals surface area (Å²) in [7, 11) is 0. The van der Waals surface area contributed by atoms with Gasteiger partial charge in [0.25, 0.3) is 0 Å². The van der Waals surface area contributed by atoms with E-state index in [9.17, 15) is 0 Å². The quantitative estimate of drug-likeness (QED) is 0.435. The molecule has 0 fully saturated rings. The molecule has 2 aromatic heterocycles. The van der Waals surface area contributed by atoms with Crippen LogP contribution in [0.4, 0.5) is 11.6 Å². The number of nitrogens with zero attached hydrogens (tertiary/aromatic N) is 2. The highest BCUT2D eigenvalue weighted by molar-refractivity contribution is 5.93. The van der Waals surface area contributed by atoms with Crippen LogP contribution in [0.2, 0.25) is 0 Å². The predicted molar refractivity (Wildman–Crippen MR) is 114 cm³/mol. The Kier molecular flexibility index (Phi) is 6.57. The zero-order chi connectivity index (χ0) is 19.1. The molecule has 6 nitrogen and oxygen atoms in total. The van der Waals surface area contributed by atoms with Crippen LogP contribution in [0.5, 0.6) is 0 Å². The van der Waals surface area contributed by atoms with Gasteiger partial charge in [0, 0.05) is 24.0 Å². The lowest BCUT2D eigenvalue weighted by Crippen LogP contribution is -2.11. The van der Waals surface area contributed by atoms with Crippen LogP contribution >= 0.6 is 0 Å². The molecule has 0 spiro atoms. The number of nitrogens with two attached hydrogens (primary N) is 2. The van der Waals surface area contributed by atoms with Crippen LogP contribution < -0.4 is 22.1 Å². The molecule has 0 aliphatic heterocycles. The molecule has 0 aliphatic carbocycles. The third kappa shape index (κ3) is 4.93. The highest BCUT2D eigenvalue weighted by atomic mass is 15.0. The number of fused-ring (bicyclic) bond motifs is 1. The normalized spacial score (nSPS) is 10.9. The number of nitrogens with one attached hydrogen (secondary N) is 2. The van der Waals surface area contributed by atoms with Crippen molar-refractivity contribution in [2.45, 2.75) is 19.8 Å². The number of rotatable bonds is 9. The molecule has 27 heavy (non-hydrogen) atoms. The number of hydrogen-bond donors (Lipinski definition) is 4. The molecule has 6 N–H and O–H groups in total. The van der Waals surface area contributed by atoms with E-state index in [1.165, 1.54) is 5.56 Å². The Balaban J connectivity index is 1.99. The first-order valence-electron chi connectivity index (χ1n) is 9.48. The van der Waals surface area contributed by atoms with Gasteiger partial charge in [-0.25, -0.2) is 9.97 Å². The average Bonchev–Trinajstić information content (AvgIpc) is 2.68. The largest absolute Gasteiger partial charge is 0.370 e. The third-order valence-corrected chi connectivity index (χ3v) is 4.39. The lowest BCUT2D eigenvalue weighted by molar-refractivity contribution is 0.870. The van der Waals surface area contributed by atoms with Gasteiger partial charge in [-0.3, -0.25) is 0 Å². The molecule has 0 atom stereocenters. The number of benzene rings is 1. The SMILES string of the molecule is Cc1ccc(-c2cc3nc(NCCCN)ccc3c(NCCCN)n2)cc1. The van der Waals surface area contributed by atoms with E-state index < -0.39 is 0 Å². The average molecular weight is 364 g/mol. The molecular weight excluding hydrogens is 336 g/mol. The predicted octanol–water partition coefficient (Wildman–Crippen LogP) is 3.13. The van der Waals surface area contributed by atoms with Crippen LogP contribution in [0.1, 0.15) is 18.4 Å². The molecule has 0 aliphatic rings. The molecule has 3 rings (SSSR count). The molecule has 6 heteroatoms.